The number of carboxylic acid groups (broad SMARTS) is 1. The number of hydrogen-bond acceptors (Lipinski definition) is 15. The first-order valence-electron chi connectivity index (χ1n) is 28.8. The van der Waals surface area contributed by atoms with Crippen molar-refractivity contribution in [2.24, 2.45) is 20.5 Å². The minimum atomic E-state index is -0.361. The summed E-state index contributed by atoms with van der Waals surface area (Å²) in [5.74, 6) is 6.85. The number of para-hydroxylation sites is 2. The van der Waals surface area contributed by atoms with Crippen molar-refractivity contribution in [2.45, 2.75) is 101 Å². The molecule has 3 N–H and O–H groups in total. The van der Waals surface area contributed by atoms with Gasteiger partial charge in [-0.05, 0) is 138 Å². The third-order valence-electron chi connectivity index (χ3n) is 15.4. The number of hydrogen-bond donors (Lipinski definition) is 3. The van der Waals surface area contributed by atoms with Crippen LogP contribution in [0.3, 0.4) is 0 Å². The molecular weight excluding hydrogens is 1080 g/mol. The molecule has 18 nitrogen and oxygen atoms in total. The van der Waals surface area contributed by atoms with E-state index in [4.69, 9.17) is 42.2 Å². The molecule has 0 radical (unpaired) electrons. The number of imidazole rings is 2. The Bertz CT molecular complexity index is 3440. The third-order valence-corrected chi connectivity index (χ3v) is 17.5. The van der Waals surface area contributed by atoms with E-state index in [0.29, 0.717) is 63.1 Å². The van der Waals surface area contributed by atoms with Crippen LogP contribution in [-0.2, 0) is 4.79 Å². The van der Waals surface area contributed by atoms with E-state index in [2.05, 4.69) is 61.5 Å². The van der Waals surface area contributed by atoms with Crippen molar-refractivity contribution < 1.29 is 29.0 Å². The van der Waals surface area contributed by atoms with Crippen molar-refractivity contribution in [3.05, 3.63) is 108 Å². The van der Waals surface area contributed by atoms with E-state index in [1.807, 2.05) is 97.3 Å². The van der Waals surface area contributed by atoms with Crippen molar-refractivity contribution in [2.75, 3.05) is 65.6 Å². The summed E-state index contributed by atoms with van der Waals surface area (Å²) in [7, 11) is 0. The van der Waals surface area contributed by atoms with Crippen LogP contribution in [0.2, 0.25) is 0 Å². The standard InChI is InChI=1S/2C31H34N6O2S.CH2O2/c2*1-2-3-14-31(34-35-31)15-20-39-27-11-6-5-10-24(27)25-22-37-26-13-12-23(21-28(26)40-30(37)33-25)29(38)32-16-9-19-36-17-7-4-8-18-36;2-1-3/h2*1,5-6,10-13,21-22H,3-4,7-9,14-20H2,(H,32,38);1H,(H,2,3). The van der Waals surface area contributed by atoms with Crippen LogP contribution in [0.5, 0.6) is 11.5 Å². The Morgan fingerprint density at radius 2 is 1.01 bits per heavy atom. The molecule has 8 aromatic rings. The number of thiazole rings is 2. The number of terminal acetylenes is 2. The van der Waals surface area contributed by atoms with Gasteiger partial charge in [-0.1, -0.05) is 59.8 Å². The van der Waals surface area contributed by atoms with Gasteiger partial charge in [0.15, 0.2) is 21.2 Å². The van der Waals surface area contributed by atoms with E-state index in [9.17, 15) is 9.59 Å². The van der Waals surface area contributed by atoms with Crippen LogP contribution in [0.4, 0.5) is 0 Å². The number of likely N-dealkylation sites (tertiary alicyclic amines) is 2. The summed E-state index contributed by atoms with van der Waals surface area (Å²) in [6.45, 7) is 9.00. The van der Waals surface area contributed by atoms with E-state index in [1.54, 1.807) is 22.7 Å². The van der Waals surface area contributed by atoms with Crippen LogP contribution in [0.25, 0.3) is 52.9 Å². The summed E-state index contributed by atoms with van der Waals surface area (Å²) in [5, 5.41) is 29.8. The van der Waals surface area contributed by atoms with Gasteiger partial charge in [-0.3, -0.25) is 23.2 Å². The molecule has 0 spiro atoms. The van der Waals surface area contributed by atoms with Crippen molar-refractivity contribution in [3.63, 3.8) is 0 Å². The highest BCUT2D eigenvalue weighted by atomic mass is 32.1. The predicted molar refractivity (Wildman–Crippen MR) is 327 cm³/mol. The number of benzene rings is 4. The molecule has 4 aliphatic heterocycles. The molecule has 0 bridgehead atoms. The highest BCUT2D eigenvalue weighted by Crippen LogP contribution is 2.40. The topological polar surface area (TPSA) is 204 Å². The minimum absolute atomic E-state index is 0.0220. The molecule has 4 aliphatic rings. The molecule has 20 heteroatoms. The zero-order valence-corrected chi connectivity index (χ0v) is 48.4. The molecule has 0 unspecified atom stereocenters. The van der Waals surface area contributed by atoms with E-state index in [-0.39, 0.29) is 29.6 Å². The van der Waals surface area contributed by atoms with Crippen LogP contribution in [0, 0.1) is 24.7 Å². The van der Waals surface area contributed by atoms with Crippen LogP contribution >= 0.6 is 22.7 Å². The molecule has 0 atom stereocenters. The lowest BCUT2D eigenvalue weighted by Crippen LogP contribution is -2.33. The van der Waals surface area contributed by atoms with Gasteiger partial charge in [0.2, 0.25) is 0 Å². The fraction of sp³-hybridized carbons (Fsp3) is 0.413. The quantitative estimate of drug-likeness (QED) is 0.0297. The van der Waals surface area contributed by atoms with E-state index in [0.717, 1.165) is 103 Å². The number of piperidine rings is 2. The Morgan fingerprint density at radius 1 is 0.602 bits per heavy atom. The number of rotatable bonds is 24. The second kappa shape index (κ2) is 27.8. The van der Waals surface area contributed by atoms with Gasteiger partial charge in [0.1, 0.15) is 11.5 Å². The van der Waals surface area contributed by atoms with Crippen molar-refractivity contribution in [3.8, 4) is 58.7 Å². The Hall–Kier alpha value is -8.01. The fourth-order valence-corrected chi connectivity index (χ4v) is 12.8. The first kappa shape index (κ1) is 58.2. The molecule has 4 aromatic heterocycles. The van der Waals surface area contributed by atoms with E-state index < -0.39 is 0 Å². The van der Waals surface area contributed by atoms with Gasteiger partial charge in [-0.15, -0.1) is 24.7 Å². The zero-order valence-electron chi connectivity index (χ0n) is 46.7. The number of amides is 2. The van der Waals surface area contributed by atoms with Gasteiger partial charge < -0.3 is 35.0 Å². The first-order valence-corrected chi connectivity index (χ1v) is 30.4. The molecule has 430 valence electrons. The maximum Gasteiger partial charge on any atom is 0.290 e. The highest BCUT2D eigenvalue weighted by molar-refractivity contribution is 7.24. The third kappa shape index (κ3) is 15.0. The van der Waals surface area contributed by atoms with Crippen LogP contribution in [0.15, 0.2) is 118 Å². The number of nitrogens with zero attached hydrogens (tertiary/aromatic N) is 10. The maximum absolute atomic E-state index is 12.8. The molecule has 4 aromatic carbocycles. The Morgan fingerprint density at radius 3 is 1.41 bits per heavy atom. The van der Waals surface area contributed by atoms with Gasteiger partial charge in [0, 0.05) is 86.3 Å². The Labute approximate surface area is 491 Å². The lowest BCUT2D eigenvalue weighted by Gasteiger charge is -2.26. The van der Waals surface area contributed by atoms with Gasteiger partial charge in [-0.2, -0.15) is 20.5 Å². The lowest BCUT2D eigenvalue weighted by molar-refractivity contribution is -0.122. The summed E-state index contributed by atoms with van der Waals surface area (Å²) < 4.78 is 18.6. The molecule has 83 heavy (non-hydrogen) atoms. The molecule has 2 amide bonds. The lowest BCUT2D eigenvalue weighted by atomic mass is 10.1. The highest BCUT2D eigenvalue weighted by Gasteiger charge is 2.40. The zero-order chi connectivity index (χ0) is 57.4. The first-order chi connectivity index (χ1) is 40.7. The SMILES string of the molecule is C#CCCC1(CCOc2ccccc2-c2cn3c(n2)sc2cc(C(=O)NCCCN4CCCCC4)ccc23)N=N1.C#CCCC1(CCOc2ccccc2-c2cn3c(n2)sc2cc(C(=O)NCCCN4CCCCC4)ccc23)N=N1.O=CO. The summed E-state index contributed by atoms with van der Waals surface area (Å²) in [6, 6.07) is 27.6. The van der Waals surface area contributed by atoms with Crippen LogP contribution < -0.4 is 20.1 Å². The smallest absolute Gasteiger partial charge is 0.290 e. The van der Waals surface area contributed by atoms with Gasteiger partial charge in [0.05, 0.1) is 45.0 Å². The number of aromatic nitrogens is 4. The molecule has 0 saturated carbocycles. The maximum atomic E-state index is 12.8. The molecule has 2 saturated heterocycles. The summed E-state index contributed by atoms with van der Waals surface area (Å²) in [5.41, 5.74) is 6.29. The van der Waals surface area contributed by atoms with E-state index in [1.165, 1.54) is 64.7 Å². The second-order valence-corrected chi connectivity index (χ2v) is 23.2. The molecule has 12 rings (SSSR count). The summed E-state index contributed by atoms with van der Waals surface area (Å²) in [4.78, 5) is 50.5. The van der Waals surface area contributed by atoms with Crippen molar-refractivity contribution in [1.29, 1.82) is 0 Å². The van der Waals surface area contributed by atoms with Gasteiger partial charge in [0.25, 0.3) is 18.3 Å². The second-order valence-electron chi connectivity index (χ2n) is 21.2. The number of fused-ring (bicyclic) bond motifs is 6. The largest absolute Gasteiger partial charge is 0.493 e. The van der Waals surface area contributed by atoms with E-state index >= 15 is 0 Å². The molecular formula is C63H70N12O6S2. The fourth-order valence-electron chi connectivity index (χ4n) is 10.7. The molecule has 2 fully saturated rings. The molecule has 0 aliphatic carbocycles. The summed E-state index contributed by atoms with van der Waals surface area (Å²) in [6.07, 6.45) is 29.0. The monoisotopic (exact) mass is 1150 g/mol. The number of nitrogens with one attached hydrogen (secondary N) is 2. The Balaban J connectivity index is 0.000000177. The Kier molecular flexibility index (Phi) is 19.5. The van der Waals surface area contributed by atoms with Crippen molar-refractivity contribution >= 4 is 71.3 Å². The molecule has 8 heterocycles. The normalized spacial score (nSPS) is 15.8. The van der Waals surface area contributed by atoms with Crippen molar-refractivity contribution in [1.82, 2.24) is 39.2 Å². The number of carbonyl (C=O) groups excluding carboxylic acids is 2. The average Bonchev–Trinajstić information content (AvgIpc) is 4.47. The number of carbonyl (C=O) groups is 3. The van der Waals surface area contributed by atoms with Crippen LogP contribution in [0.1, 0.15) is 111 Å². The van der Waals surface area contributed by atoms with Gasteiger partial charge >= 0.3 is 0 Å². The van der Waals surface area contributed by atoms with Crippen LogP contribution in [-0.4, -0.2) is 129 Å². The predicted octanol–water partition coefficient (Wildman–Crippen LogP) is 12.0. The van der Waals surface area contributed by atoms with Gasteiger partial charge in [-0.25, -0.2) is 9.97 Å². The minimum Gasteiger partial charge on any atom is -0.493 e. The summed E-state index contributed by atoms with van der Waals surface area (Å²) >= 11 is 3.16. The number of ether oxygens (including phenoxy) is 2. The average molecular weight is 1160 g/mol.